The fraction of sp³-hybridized carbons (Fsp3) is 0.324. The van der Waals surface area contributed by atoms with E-state index in [9.17, 15) is 9.90 Å². The second-order valence-corrected chi connectivity index (χ2v) is 11.7. The minimum Gasteiger partial charge on any atom is -0.496 e. The summed E-state index contributed by atoms with van der Waals surface area (Å²) in [5, 5.41) is 14.3. The maximum Gasteiger partial charge on any atom is 0.326 e. The summed E-state index contributed by atoms with van der Waals surface area (Å²) >= 11 is 12.9. The van der Waals surface area contributed by atoms with Crippen molar-refractivity contribution in [2.24, 2.45) is 0 Å². The highest BCUT2D eigenvalue weighted by molar-refractivity contribution is 6.43. The Morgan fingerprint density at radius 2 is 1.64 bits per heavy atom. The van der Waals surface area contributed by atoms with Gasteiger partial charge in [-0.1, -0.05) is 84.9 Å². The zero-order chi connectivity index (χ0) is 31.2. The Bertz CT molecular complexity index is 1590. The van der Waals surface area contributed by atoms with Crippen molar-refractivity contribution in [1.82, 2.24) is 9.97 Å². The van der Waals surface area contributed by atoms with Crippen LogP contribution < -0.4 is 19.7 Å². The fourth-order valence-corrected chi connectivity index (χ4v) is 6.14. The Morgan fingerprint density at radius 3 is 2.27 bits per heavy atom. The number of ether oxygens (including phenoxy) is 2. The van der Waals surface area contributed by atoms with Gasteiger partial charge in [0.15, 0.2) is 0 Å². The number of halogens is 2. The summed E-state index contributed by atoms with van der Waals surface area (Å²) in [6.07, 6.45) is 7.60. The van der Waals surface area contributed by atoms with Crippen molar-refractivity contribution in [3.8, 4) is 33.8 Å². The Hall–Kier alpha value is -4.01. The van der Waals surface area contributed by atoms with Gasteiger partial charge < -0.3 is 24.8 Å². The summed E-state index contributed by atoms with van der Waals surface area (Å²) in [4.78, 5) is 24.2. The molecule has 1 aromatic heterocycles. The summed E-state index contributed by atoms with van der Waals surface area (Å²) in [7, 11) is 5.23. The maximum absolute atomic E-state index is 12.6. The Kier molecular flexibility index (Phi) is 10.1. The molecule has 3 aromatic carbocycles. The van der Waals surface area contributed by atoms with Crippen LogP contribution in [0.5, 0.6) is 11.5 Å². The van der Waals surface area contributed by atoms with Crippen LogP contribution in [0.4, 0.5) is 11.8 Å². The molecule has 1 aliphatic rings. The predicted molar refractivity (Wildman–Crippen MR) is 176 cm³/mol. The van der Waals surface area contributed by atoms with Gasteiger partial charge in [-0.2, -0.15) is 4.98 Å². The molecular formula is C34H36Cl2N4O4. The van der Waals surface area contributed by atoms with Gasteiger partial charge in [-0.05, 0) is 42.2 Å². The van der Waals surface area contributed by atoms with E-state index in [1.54, 1.807) is 32.5 Å². The van der Waals surface area contributed by atoms with E-state index in [4.69, 9.17) is 37.7 Å². The summed E-state index contributed by atoms with van der Waals surface area (Å²) in [5.74, 6) is 1.27. The monoisotopic (exact) mass is 634 g/mol. The van der Waals surface area contributed by atoms with Crippen LogP contribution in [0.25, 0.3) is 22.3 Å². The van der Waals surface area contributed by atoms with Crippen LogP contribution in [0.2, 0.25) is 10.0 Å². The quantitative estimate of drug-likeness (QED) is 0.171. The largest absolute Gasteiger partial charge is 0.496 e. The third kappa shape index (κ3) is 6.87. The Morgan fingerprint density at radius 1 is 0.977 bits per heavy atom. The molecule has 1 fully saturated rings. The number of rotatable bonds is 11. The molecule has 4 aromatic rings. The van der Waals surface area contributed by atoms with Gasteiger partial charge in [-0.3, -0.25) is 0 Å². The van der Waals surface area contributed by atoms with E-state index in [2.05, 4.69) is 15.2 Å². The minimum absolute atomic E-state index is 0.208. The van der Waals surface area contributed by atoms with Gasteiger partial charge in [0.1, 0.15) is 23.4 Å². The number of carbonyl (C=O) groups is 1. The molecule has 44 heavy (non-hydrogen) atoms. The van der Waals surface area contributed by atoms with Crippen LogP contribution in [0.1, 0.15) is 37.7 Å². The van der Waals surface area contributed by atoms with E-state index in [0.29, 0.717) is 50.5 Å². The number of carboxylic acid groups (broad SMARTS) is 1. The normalized spacial score (nSPS) is 14.1. The van der Waals surface area contributed by atoms with Gasteiger partial charge in [0.05, 0.1) is 29.8 Å². The van der Waals surface area contributed by atoms with Crippen molar-refractivity contribution in [1.29, 1.82) is 0 Å². The van der Waals surface area contributed by atoms with Crippen LogP contribution in [0.15, 0.2) is 66.9 Å². The van der Waals surface area contributed by atoms with Crippen LogP contribution in [-0.4, -0.2) is 54.4 Å². The number of aliphatic carboxylic acids is 1. The number of nitrogens with zero attached hydrogens (tertiary/aromatic N) is 3. The molecule has 0 aliphatic heterocycles. The number of methoxy groups -OCH3 is 2. The molecule has 1 saturated carbocycles. The lowest BCUT2D eigenvalue weighted by Crippen LogP contribution is -2.35. The highest BCUT2D eigenvalue weighted by Crippen LogP contribution is 2.39. The van der Waals surface area contributed by atoms with Crippen molar-refractivity contribution in [2.75, 3.05) is 31.5 Å². The first-order valence-electron chi connectivity index (χ1n) is 14.6. The summed E-state index contributed by atoms with van der Waals surface area (Å²) < 4.78 is 11.1. The van der Waals surface area contributed by atoms with E-state index >= 15 is 0 Å². The maximum atomic E-state index is 12.6. The van der Waals surface area contributed by atoms with Crippen LogP contribution >= 0.6 is 23.2 Å². The summed E-state index contributed by atoms with van der Waals surface area (Å²) in [6.45, 7) is 0. The predicted octanol–water partition coefficient (Wildman–Crippen LogP) is 8.01. The van der Waals surface area contributed by atoms with Crippen LogP contribution in [0, 0.1) is 0 Å². The highest BCUT2D eigenvalue weighted by atomic mass is 35.5. The molecule has 0 radical (unpaired) electrons. The van der Waals surface area contributed by atoms with Gasteiger partial charge >= 0.3 is 5.97 Å². The second kappa shape index (κ2) is 14.2. The van der Waals surface area contributed by atoms with Crippen molar-refractivity contribution < 1.29 is 19.4 Å². The van der Waals surface area contributed by atoms with E-state index in [1.165, 1.54) is 19.3 Å². The fourth-order valence-electron chi connectivity index (χ4n) is 5.74. The average molecular weight is 636 g/mol. The van der Waals surface area contributed by atoms with Gasteiger partial charge in [0, 0.05) is 36.8 Å². The van der Waals surface area contributed by atoms with Gasteiger partial charge in [-0.25, -0.2) is 9.78 Å². The average Bonchev–Trinajstić information content (AvgIpc) is 3.05. The van der Waals surface area contributed by atoms with Crippen molar-refractivity contribution in [2.45, 2.75) is 50.6 Å². The number of carboxylic acids is 1. The molecule has 1 aliphatic carbocycles. The van der Waals surface area contributed by atoms with Crippen molar-refractivity contribution in [3.05, 3.63) is 82.5 Å². The third-order valence-corrected chi connectivity index (χ3v) is 8.99. The molecular weight excluding hydrogens is 599 g/mol. The van der Waals surface area contributed by atoms with Crippen LogP contribution in [0.3, 0.4) is 0 Å². The van der Waals surface area contributed by atoms with Gasteiger partial charge in [0.25, 0.3) is 0 Å². The van der Waals surface area contributed by atoms with Gasteiger partial charge in [-0.15, -0.1) is 0 Å². The number of nitrogens with one attached hydrogen (secondary N) is 1. The van der Waals surface area contributed by atoms with E-state index in [1.807, 2.05) is 55.6 Å². The Labute approximate surface area is 268 Å². The number of benzene rings is 3. The summed E-state index contributed by atoms with van der Waals surface area (Å²) in [5.41, 5.74) is 3.75. The molecule has 8 nitrogen and oxygen atoms in total. The molecule has 0 bridgehead atoms. The molecule has 0 saturated heterocycles. The van der Waals surface area contributed by atoms with Crippen molar-refractivity contribution in [3.63, 3.8) is 0 Å². The first kappa shape index (κ1) is 31.4. The number of aromatic nitrogens is 2. The second-order valence-electron chi connectivity index (χ2n) is 10.9. The van der Waals surface area contributed by atoms with E-state index in [-0.39, 0.29) is 6.42 Å². The molecule has 0 unspecified atom stereocenters. The molecule has 2 N–H and O–H groups in total. The third-order valence-electron chi connectivity index (χ3n) is 8.18. The first-order chi connectivity index (χ1) is 21.3. The number of hydrogen-bond donors (Lipinski definition) is 2. The standard InChI is InChI=1S/C34H36Cl2N4O4/c1-40(23-9-5-4-6-10-23)34-37-20-25(24-11-7-12-26(35)31(24)36)32(39-34)38-27(33(41)42)19-21-15-17-22(18-16-21)30-28(43-2)13-8-14-29(30)44-3/h7-8,11-18,20,23,27H,4-6,9-10,19H2,1-3H3,(H,41,42)(H,37,38,39)/t27-/m0/s1. The molecule has 10 heteroatoms. The Balaban J connectivity index is 1.46. The molecule has 230 valence electrons. The van der Waals surface area contributed by atoms with Crippen LogP contribution in [-0.2, 0) is 11.2 Å². The lowest BCUT2D eigenvalue weighted by Gasteiger charge is -2.31. The highest BCUT2D eigenvalue weighted by Gasteiger charge is 2.25. The smallest absolute Gasteiger partial charge is 0.326 e. The van der Waals surface area contributed by atoms with E-state index in [0.717, 1.165) is 29.5 Å². The number of anilines is 2. The molecule has 5 rings (SSSR count). The zero-order valence-corrected chi connectivity index (χ0v) is 26.5. The number of hydrogen-bond acceptors (Lipinski definition) is 7. The zero-order valence-electron chi connectivity index (χ0n) is 25.0. The topological polar surface area (TPSA) is 96.8 Å². The minimum atomic E-state index is -1.01. The summed E-state index contributed by atoms with van der Waals surface area (Å²) in [6, 6.07) is 18.0. The van der Waals surface area contributed by atoms with Gasteiger partial charge in [0.2, 0.25) is 5.95 Å². The molecule has 1 atom stereocenters. The molecule has 1 heterocycles. The van der Waals surface area contributed by atoms with E-state index < -0.39 is 12.0 Å². The molecule has 0 spiro atoms. The first-order valence-corrected chi connectivity index (χ1v) is 15.4. The lowest BCUT2D eigenvalue weighted by atomic mass is 9.95. The lowest BCUT2D eigenvalue weighted by molar-refractivity contribution is -0.137. The SMILES string of the molecule is COc1cccc(OC)c1-c1ccc(C[C@H](Nc2nc(N(C)C3CCCCC3)ncc2-c2cccc(Cl)c2Cl)C(=O)O)cc1. The molecule has 0 amide bonds. The van der Waals surface area contributed by atoms with Crippen molar-refractivity contribution >= 4 is 40.9 Å².